The van der Waals surface area contributed by atoms with Crippen LogP contribution >= 0.6 is 0 Å². The first-order valence-corrected chi connectivity index (χ1v) is 9.67. The SMILES string of the molecule is CC1CCN(CCNC(=O)COc2cccc(NC(=O)c3ccco3)c2)CC1. The van der Waals surface area contributed by atoms with Gasteiger partial charge in [0.05, 0.1) is 6.26 Å². The molecule has 1 aromatic heterocycles. The van der Waals surface area contributed by atoms with E-state index in [0.717, 1.165) is 25.6 Å². The highest BCUT2D eigenvalue weighted by Crippen LogP contribution is 2.18. The summed E-state index contributed by atoms with van der Waals surface area (Å²) in [5.74, 6) is 1.05. The van der Waals surface area contributed by atoms with Gasteiger partial charge in [-0.05, 0) is 56.1 Å². The Kier molecular flexibility index (Phi) is 7.08. The molecular weight excluding hydrogens is 358 g/mol. The van der Waals surface area contributed by atoms with Gasteiger partial charge >= 0.3 is 0 Å². The minimum Gasteiger partial charge on any atom is -0.484 e. The molecule has 1 aliphatic rings. The van der Waals surface area contributed by atoms with Gasteiger partial charge in [0.15, 0.2) is 12.4 Å². The first-order chi connectivity index (χ1) is 13.6. The fourth-order valence-corrected chi connectivity index (χ4v) is 3.10. The van der Waals surface area contributed by atoms with Gasteiger partial charge in [-0.3, -0.25) is 9.59 Å². The molecule has 0 atom stereocenters. The van der Waals surface area contributed by atoms with E-state index in [-0.39, 0.29) is 24.2 Å². The van der Waals surface area contributed by atoms with Crippen LogP contribution in [0.3, 0.4) is 0 Å². The lowest BCUT2D eigenvalue weighted by molar-refractivity contribution is -0.123. The molecule has 2 N–H and O–H groups in total. The van der Waals surface area contributed by atoms with Crippen LogP contribution in [0.15, 0.2) is 47.1 Å². The number of hydrogen-bond donors (Lipinski definition) is 2. The van der Waals surface area contributed by atoms with E-state index in [1.54, 1.807) is 36.4 Å². The van der Waals surface area contributed by atoms with Crippen LogP contribution in [-0.2, 0) is 4.79 Å². The van der Waals surface area contributed by atoms with E-state index >= 15 is 0 Å². The molecule has 2 aromatic rings. The highest BCUT2D eigenvalue weighted by Gasteiger charge is 2.15. The first kappa shape index (κ1) is 19.9. The molecule has 150 valence electrons. The number of nitrogens with zero attached hydrogens (tertiary/aromatic N) is 1. The summed E-state index contributed by atoms with van der Waals surface area (Å²) in [6.07, 6.45) is 3.90. The lowest BCUT2D eigenvalue weighted by Gasteiger charge is -2.30. The number of nitrogens with one attached hydrogen (secondary N) is 2. The molecule has 2 amide bonds. The first-order valence-electron chi connectivity index (χ1n) is 9.67. The van der Waals surface area contributed by atoms with Crippen LogP contribution in [-0.4, -0.2) is 49.5 Å². The Morgan fingerprint density at radius 1 is 1.21 bits per heavy atom. The largest absolute Gasteiger partial charge is 0.484 e. The lowest BCUT2D eigenvalue weighted by Crippen LogP contribution is -2.40. The highest BCUT2D eigenvalue weighted by molar-refractivity contribution is 6.02. The van der Waals surface area contributed by atoms with Crippen LogP contribution in [0.25, 0.3) is 0 Å². The molecule has 1 aliphatic heterocycles. The van der Waals surface area contributed by atoms with E-state index in [4.69, 9.17) is 9.15 Å². The summed E-state index contributed by atoms with van der Waals surface area (Å²) < 4.78 is 10.6. The molecule has 7 heteroatoms. The van der Waals surface area contributed by atoms with E-state index in [9.17, 15) is 9.59 Å². The van der Waals surface area contributed by atoms with Gasteiger partial charge in [0.2, 0.25) is 0 Å². The van der Waals surface area contributed by atoms with Crippen molar-refractivity contribution in [2.24, 2.45) is 5.92 Å². The number of furan rings is 1. The molecule has 1 fully saturated rings. The molecule has 7 nitrogen and oxygen atoms in total. The van der Waals surface area contributed by atoms with E-state index in [2.05, 4.69) is 22.5 Å². The van der Waals surface area contributed by atoms with Crippen molar-refractivity contribution in [1.82, 2.24) is 10.2 Å². The Bertz CT molecular complexity index is 768. The van der Waals surface area contributed by atoms with E-state index < -0.39 is 0 Å². The Morgan fingerprint density at radius 2 is 2.04 bits per heavy atom. The predicted octanol–water partition coefficient (Wildman–Crippen LogP) is 2.76. The van der Waals surface area contributed by atoms with Crippen molar-refractivity contribution in [1.29, 1.82) is 0 Å². The van der Waals surface area contributed by atoms with Gasteiger partial charge in [-0.15, -0.1) is 0 Å². The van der Waals surface area contributed by atoms with E-state index in [1.807, 2.05) is 0 Å². The van der Waals surface area contributed by atoms with Gasteiger partial charge in [0, 0.05) is 24.8 Å². The van der Waals surface area contributed by atoms with Crippen molar-refractivity contribution in [3.05, 3.63) is 48.4 Å². The molecule has 28 heavy (non-hydrogen) atoms. The Labute approximate surface area is 165 Å². The summed E-state index contributed by atoms with van der Waals surface area (Å²) in [4.78, 5) is 26.4. The average Bonchev–Trinajstić information content (AvgIpc) is 3.23. The second-order valence-electron chi connectivity index (χ2n) is 7.12. The number of ether oxygens (including phenoxy) is 1. The topological polar surface area (TPSA) is 83.8 Å². The third-order valence-corrected chi connectivity index (χ3v) is 4.83. The number of likely N-dealkylation sites (tertiary alicyclic amines) is 1. The maximum atomic E-state index is 12.0. The quantitative estimate of drug-likeness (QED) is 0.730. The third kappa shape index (κ3) is 6.13. The number of rotatable bonds is 8. The van der Waals surface area contributed by atoms with Crippen LogP contribution in [0.1, 0.15) is 30.3 Å². The maximum Gasteiger partial charge on any atom is 0.291 e. The molecule has 0 saturated carbocycles. The van der Waals surface area contributed by atoms with Gasteiger partial charge in [0.25, 0.3) is 11.8 Å². The normalized spacial score (nSPS) is 15.2. The van der Waals surface area contributed by atoms with Gasteiger partial charge in [-0.25, -0.2) is 0 Å². The van der Waals surface area contributed by atoms with Gasteiger partial charge in [0.1, 0.15) is 5.75 Å². The van der Waals surface area contributed by atoms with E-state index in [1.165, 1.54) is 19.1 Å². The minimum atomic E-state index is -0.341. The van der Waals surface area contributed by atoms with E-state index in [0.29, 0.717) is 18.0 Å². The van der Waals surface area contributed by atoms with Crippen molar-refractivity contribution in [3.8, 4) is 5.75 Å². The number of benzene rings is 1. The van der Waals surface area contributed by atoms with Crippen molar-refractivity contribution >= 4 is 17.5 Å². The molecule has 0 aliphatic carbocycles. The number of amides is 2. The van der Waals surface area contributed by atoms with Crippen LogP contribution in [0, 0.1) is 5.92 Å². The number of anilines is 1. The molecule has 0 spiro atoms. The third-order valence-electron chi connectivity index (χ3n) is 4.83. The minimum absolute atomic E-state index is 0.0629. The second kappa shape index (κ2) is 9.94. The summed E-state index contributed by atoms with van der Waals surface area (Å²) in [5.41, 5.74) is 0.568. The molecule has 2 heterocycles. The average molecular weight is 385 g/mol. The summed E-state index contributed by atoms with van der Waals surface area (Å²) in [5, 5.41) is 5.62. The summed E-state index contributed by atoms with van der Waals surface area (Å²) in [6.45, 7) is 5.91. The standard InChI is InChI=1S/C21H27N3O4/c1-16-7-10-24(11-8-16)12-9-22-20(25)15-28-18-5-2-4-17(14-18)23-21(26)19-6-3-13-27-19/h2-6,13-14,16H,7-12,15H2,1H3,(H,22,25)(H,23,26). The fourth-order valence-electron chi connectivity index (χ4n) is 3.10. The molecule has 0 bridgehead atoms. The van der Waals surface area contributed by atoms with Crippen molar-refractivity contribution < 1.29 is 18.7 Å². The summed E-state index contributed by atoms with van der Waals surface area (Å²) >= 11 is 0. The molecule has 3 rings (SSSR count). The summed E-state index contributed by atoms with van der Waals surface area (Å²) in [6, 6.07) is 10.1. The van der Waals surface area contributed by atoms with Crippen molar-refractivity contribution in [2.45, 2.75) is 19.8 Å². The Hall–Kier alpha value is -2.80. The molecule has 0 radical (unpaired) electrons. The van der Waals surface area contributed by atoms with Crippen LogP contribution < -0.4 is 15.4 Å². The predicted molar refractivity (Wildman–Crippen MR) is 106 cm³/mol. The van der Waals surface area contributed by atoms with Crippen molar-refractivity contribution in [2.75, 3.05) is 38.1 Å². The van der Waals surface area contributed by atoms with Gasteiger partial charge in [-0.1, -0.05) is 13.0 Å². The fraction of sp³-hybridized carbons (Fsp3) is 0.429. The van der Waals surface area contributed by atoms with Crippen LogP contribution in [0.4, 0.5) is 5.69 Å². The monoisotopic (exact) mass is 385 g/mol. The second-order valence-corrected chi connectivity index (χ2v) is 7.12. The van der Waals surface area contributed by atoms with Gasteiger partial charge < -0.3 is 24.7 Å². The van der Waals surface area contributed by atoms with Gasteiger partial charge in [-0.2, -0.15) is 0 Å². The Balaban J connectivity index is 1.38. The molecule has 1 aromatic carbocycles. The van der Waals surface area contributed by atoms with Crippen molar-refractivity contribution in [3.63, 3.8) is 0 Å². The number of hydrogen-bond acceptors (Lipinski definition) is 5. The Morgan fingerprint density at radius 3 is 2.79 bits per heavy atom. The molecule has 0 unspecified atom stereocenters. The molecular formula is C21H27N3O4. The zero-order valence-corrected chi connectivity index (χ0v) is 16.1. The number of carbonyl (C=O) groups is 2. The lowest BCUT2D eigenvalue weighted by atomic mass is 9.99. The summed E-state index contributed by atoms with van der Waals surface area (Å²) in [7, 11) is 0. The zero-order chi connectivity index (χ0) is 19.8. The van der Waals surface area contributed by atoms with Crippen LogP contribution in [0.2, 0.25) is 0 Å². The molecule has 1 saturated heterocycles. The zero-order valence-electron chi connectivity index (χ0n) is 16.1. The number of carbonyl (C=O) groups excluding carboxylic acids is 2. The maximum absolute atomic E-state index is 12.0. The van der Waals surface area contributed by atoms with Crippen LogP contribution in [0.5, 0.6) is 5.75 Å². The smallest absolute Gasteiger partial charge is 0.291 e. The number of piperidine rings is 1. The highest BCUT2D eigenvalue weighted by atomic mass is 16.5.